The number of nitro benzene ring substituents is 1. The van der Waals surface area contributed by atoms with Gasteiger partial charge in [0.05, 0.1) is 17.2 Å². The van der Waals surface area contributed by atoms with Crippen molar-refractivity contribution in [3.05, 3.63) is 69.8 Å². The summed E-state index contributed by atoms with van der Waals surface area (Å²) < 4.78 is 10.2. The van der Waals surface area contributed by atoms with Crippen LogP contribution in [0.2, 0.25) is 0 Å². The normalized spacial score (nSPS) is 14.6. The Morgan fingerprint density at radius 3 is 2.60 bits per heavy atom. The number of non-ortho nitro benzene ring substituents is 1. The Hall–Kier alpha value is -4.21. The maximum absolute atomic E-state index is 12.7. The Bertz CT molecular complexity index is 1030. The molecule has 0 radical (unpaired) electrons. The van der Waals surface area contributed by atoms with Crippen LogP contribution in [0.25, 0.3) is 6.08 Å². The van der Waals surface area contributed by atoms with E-state index < -0.39 is 29.3 Å². The Morgan fingerprint density at radius 1 is 1.20 bits per heavy atom. The number of ether oxygens (including phenoxy) is 2. The number of hydrogen-bond acceptors (Lipinski definition) is 7. The Morgan fingerprint density at radius 2 is 1.93 bits per heavy atom. The van der Waals surface area contributed by atoms with E-state index in [0.717, 1.165) is 11.1 Å². The van der Waals surface area contributed by atoms with Crippen LogP contribution in [0.5, 0.6) is 5.75 Å². The molecule has 0 unspecified atom stereocenters. The number of anilines is 1. The van der Waals surface area contributed by atoms with Gasteiger partial charge in [0, 0.05) is 17.7 Å². The lowest BCUT2D eigenvalue weighted by molar-refractivity contribution is -0.384. The number of esters is 1. The van der Waals surface area contributed by atoms with Gasteiger partial charge in [0.15, 0.2) is 6.61 Å². The molecule has 30 heavy (non-hydrogen) atoms. The molecule has 10 heteroatoms. The van der Waals surface area contributed by atoms with Crippen molar-refractivity contribution in [1.29, 1.82) is 0 Å². The number of nitrogens with zero attached hydrogens (tertiary/aromatic N) is 2. The predicted octanol–water partition coefficient (Wildman–Crippen LogP) is 2.00. The lowest BCUT2D eigenvalue weighted by Gasteiger charge is -2.14. The van der Waals surface area contributed by atoms with Gasteiger partial charge in [0.2, 0.25) is 0 Å². The second-order valence-electron chi connectivity index (χ2n) is 6.05. The highest BCUT2D eigenvalue weighted by Crippen LogP contribution is 2.28. The molecule has 1 aliphatic heterocycles. The lowest BCUT2D eigenvalue weighted by Crippen LogP contribution is -2.35. The minimum Gasteiger partial charge on any atom is -0.481 e. The maximum Gasteiger partial charge on any atom is 0.344 e. The number of hydrazine groups is 1. The van der Waals surface area contributed by atoms with E-state index in [-0.39, 0.29) is 29.2 Å². The highest BCUT2D eigenvalue weighted by atomic mass is 16.6. The van der Waals surface area contributed by atoms with E-state index in [2.05, 4.69) is 5.43 Å². The Kier molecular flexibility index (Phi) is 6.06. The fraction of sp³-hybridized carbons (Fsp3) is 0.150. The molecule has 0 atom stereocenters. The third-order valence-corrected chi connectivity index (χ3v) is 4.06. The number of para-hydroxylation sites is 1. The van der Waals surface area contributed by atoms with Gasteiger partial charge in [-0.15, -0.1) is 0 Å². The minimum atomic E-state index is -0.674. The van der Waals surface area contributed by atoms with Crippen LogP contribution in [-0.2, 0) is 19.1 Å². The highest BCUT2D eigenvalue weighted by molar-refractivity contribution is 6.31. The molecule has 0 bridgehead atoms. The van der Waals surface area contributed by atoms with Crippen LogP contribution in [0.3, 0.4) is 0 Å². The Balaban J connectivity index is 1.94. The largest absolute Gasteiger partial charge is 0.481 e. The van der Waals surface area contributed by atoms with Crippen molar-refractivity contribution in [2.24, 2.45) is 0 Å². The van der Waals surface area contributed by atoms with Crippen LogP contribution < -0.4 is 15.2 Å². The second-order valence-corrected chi connectivity index (χ2v) is 6.05. The molecule has 1 N–H and O–H groups in total. The second kappa shape index (κ2) is 8.86. The molecule has 2 amide bonds. The van der Waals surface area contributed by atoms with Crippen molar-refractivity contribution in [3.63, 3.8) is 0 Å². The fourth-order valence-electron chi connectivity index (χ4n) is 2.70. The van der Waals surface area contributed by atoms with Gasteiger partial charge in [-0.05, 0) is 31.2 Å². The predicted molar refractivity (Wildman–Crippen MR) is 105 cm³/mol. The molecule has 1 aliphatic rings. The minimum absolute atomic E-state index is 0.0833. The molecule has 0 aromatic heterocycles. The standard InChI is InChI=1S/C20H17N3O7/c1-2-29-18(24)12-30-17-9-8-15(23(27)28)10-13(17)11-16-19(25)21-22(20(16)26)14-6-4-3-5-7-14/h3-11H,2,12H2,1H3,(H,21,25)/b16-11-. The van der Waals surface area contributed by atoms with Crippen LogP contribution in [0.4, 0.5) is 11.4 Å². The Labute approximate surface area is 170 Å². The molecular weight excluding hydrogens is 394 g/mol. The van der Waals surface area contributed by atoms with Gasteiger partial charge in [-0.1, -0.05) is 18.2 Å². The molecule has 2 aromatic rings. The quantitative estimate of drug-likeness (QED) is 0.243. The lowest BCUT2D eigenvalue weighted by atomic mass is 10.1. The van der Waals surface area contributed by atoms with Crippen LogP contribution in [0.1, 0.15) is 12.5 Å². The van der Waals surface area contributed by atoms with E-state index in [0.29, 0.717) is 5.69 Å². The first kappa shape index (κ1) is 20.5. The molecule has 10 nitrogen and oxygen atoms in total. The maximum atomic E-state index is 12.7. The highest BCUT2D eigenvalue weighted by Gasteiger charge is 2.34. The topological polar surface area (TPSA) is 128 Å². The third-order valence-electron chi connectivity index (χ3n) is 4.06. The van der Waals surface area contributed by atoms with Crippen molar-refractivity contribution in [3.8, 4) is 5.75 Å². The van der Waals surface area contributed by atoms with Gasteiger partial charge in [0.25, 0.3) is 17.5 Å². The summed E-state index contributed by atoms with van der Waals surface area (Å²) in [7, 11) is 0. The molecule has 0 aliphatic carbocycles. The molecule has 0 saturated carbocycles. The molecule has 154 valence electrons. The number of nitro groups is 1. The summed E-state index contributed by atoms with van der Waals surface area (Å²) in [6, 6.07) is 12.1. The smallest absolute Gasteiger partial charge is 0.344 e. The SMILES string of the molecule is CCOC(=O)COc1ccc([N+](=O)[O-])cc1/C=C1/C(=O)NN(c2ccccc2)C1=O. The van der Waals surface area contributed by atoms with E-state index in [1.807, 2.05) is 0 Å². The first-order valence-electron chi connectivity index (χ1n) is 8.89. The van der Waals surface area contributed by atoms with Crippen molar-refractivity contribution in [2.75, 3.05) is 18.2 Å². The zero-order valence-electron chi connectivity index (χ0n) is 15.9. The summed E-state index contributed by atoms with van der Waals surface area (Å²) in [5.74, 6) is -1.85. The molecule has 3 rings (SSSR count). The number of nitrogens with one attached hydrogen (secondary N) is 1. The van der Waals surface area contributed by atoms with E-state index in [4.69, 9.17) is 9.47 Å². The summed E-state index contributed by atoms with van der Waals surface area (Å²) in [5, 5.41) is 12.2. The third kappa shape index (κ3) is 4.43. The van der Waals surface area contributed by atoms with Crippen LogP contribution in [0.15, 0.2) is 54.1 Å². The summed E-state index contributed by atoms with van der Waals surface area (Å²) in [6.45, 7) is 1.38. The van der Waals surface area contributed by atoms with Crippen LogP contribution >= 0.6 is 0 Å². The van der Waals surface area contributed by atoms with Crippen LogP contribution in [0, 0.1) is 10.1 Å². The number of carbonyl (C=O) groups excluding carboxylic acids is 3. The van der Waals surface area contributed by atoms with Crippen molar-refractivity contribution >= 4 is 35.2 Å². The first-order valence-corrected chi connectivity index (χ1v) is 8.89. The zero-order chi connectivity index (χ0) is 21.7. The van der Waals surface area contributed by atoms with Crippen LogP contribution in [-0.4, -0.2) is 35.9 Å². The van der Waals surface area contributed by atoms with E-state index in [9.17, 15) is 24.5 Å². The number of amides is 2. The fourth-order valence-corrected chi connectivity index (χ4v) is 2.70. The summed E-state index contributed by atoms with van der Waals surface area (Å²) in [5.41, 5.74) is 2.49. The molecular formula is C20H17N3O7. The molecule has 1 heterocycles. The van der Waals surface area contributed by atoms with Crippen molar-refractivity contribution in [1.82, 2.24) is 5.43 Å². The summed E-state index contributed by atoms with van der Waals surface area (Å²) in [4.78, 5) is 47.2. The molecule has 1 saturated heterocycles. The monoisotopic (exact) mass is 411 g/mol. The summed E-state index contributed by atoms with van der Waals surface area (Å²) >= 11 is 0. The van der Waals surface area contributed by atoms with E-state index in [1.54, 1.807) is 37.3 Å². The average Bonchev–Trinajstić information content (AvgIpc) is 3.02. The van der Waals surface area contributed by atoms with Gasteiger partial charge in [-0.25, -0.2) is 9.80 Å². The first-order chi connectivity index (χ1) is 14.4. The number of hydrogen-bond donors (Lipinski definition) is 1. The zero-order valence-corrected chi connectivity index (χ0v) is 15.9. The van der Waals surface area contributed by atoms with E-state index in [1.165, 1.54) is 18.2 Å². The van der Waals surface area contributed by atoms with Gasteiger partial charge >= 0.3 is 5.97 Å². The number of benzene rings is 2. The van der Waals surface area contributed by atoms with Crippen molar-refractivity contribution in [2.45, 2.75) is 6.92 Å². The van der Waals surface area contributed by atoms with E-state index >= 15 is 0 Å². The van der Waals surface area contributed by atoms with Gasteiger partial charge < -0.3 is 9.47 Å². The van der Waals surface area contributed by atoms with Gasteiger partial charge in [-0.2, -0.15) is 0 Å². The molecule has 0 spiro atoms. The van der Waals surface area contributed by atoms with Crippen molar-refractivity contribution < 1.29 is 28.8 Å². The van der Waals surface area contributed by atoms with Gasteiger partial charge in [0.1, 0.15) is 11.3 Å². The molecule has 2 aromatic carbocycles. The number of rotatable bonds is 7. The number of carbonyl (C=O) groups is 3. The summed E-state index contributed by atoms with van der Waals surface area (Å²) in [6.07, 6.45) is 1.19. The average molecular weight is 411 g/mol. The van der Waals surface area contributed by atoms with Gasteiger partial charge in [-0.3, -0.25) is 25.1 Å². The molecule has 1 fully saturated rings.